The Bertz CT molecular complexity index is 747. The Morgan fingerprint density at radius 2 is 1.83 bits per heavy atom. The van der Waals surface area contributed by atoms with Crippen LogP contribution in [0.3, 0.4) is 0 Å². The molecule has 0 spiro atoms. The number of nitrogens with one attached hydrogen (secondary N) is 1. The van der Waals surface area contributed by atoms with Gasteiger partial charge in [-0.15, -0.1) is 0 Å². The van der Waals surface area contributed by atoms with E-state index >= 15 is 0 Å². The lowest BCUT2D eigenvalue weighted by molar-refractivity contribution is -0.00256. The predicted octanol–water partition coefficient (Wildman–Crippen LogP) is 2.54. The van der Waals surface area contributed by atoms with Crippen LogP contribution < -0.4 is 5.32 Å². The predicted molar refractivity (Wildman–Crippen MR) is 88.4 cm³/mol. The number of carbonyl (C=O) groups excluding carboxylic acids is 1. The molecule has 4 nitrogen and oxygen atoms in total. The number of fused-ring (bicyclic) bond motifs is 1. The second-order valence-corrected chi connectivity index (χ2v) is 6.49. The van der Waals surface area contributed by atoms with Crippen molar-refractivity contribution in [2.75, 3.05) is 13.1 Å². The van der Waals surface area contributed by atoms with Gasteiger partial charge >= 0.3 is 0 Å². The van der Waals surface area contributed by atoms with Crippen LogP contribution in [0, 0.1) is 0 Å². The molecule has 0 bridgehead atoms. The number of nitrogens with zero attached hydrogens (tertiary/aromatic N) is 1. The molecule has 2 N–H and O–H groups in total. The molecule has 0 radical (unpaired) electrons. The monoisotopic (exact) mass is 328 g/mol. The van der Waals surface area contributed by atoms with E-state index in [9.17, 15) is 9.90 Å². The molecule has 0 aromatic heterocycles. The van der Waals surface area contributed by atoms with Crippen molar-refractivity contribution < 1.29 is 9.90 Å². The van der Waals surface area contributed by atoms with E-state index in [1.54, 1.807) is 11.0 Å². The van der Waals surface area contributed by atoms with E-state index in [0.29, 0.717) is 22.7 Å². The molecule has 0 aliphatic carbocycles. The molecular weight excluding hydrogens is 312 g/mol. The number of rotatable bonds is 2. The Morgan fingerprint density at radius 1 is 1.09 bits per heavy atom. The molecule has 1 fully saturated rings. The van der Waals surface area contributed by atoms with Crippen molar-refractivity contribution in [2.24, 2.45) is 0 Å². The summed E-state index contributed by atoms with van der Waals surface area (Å²) in [5.74, 6) is 0.0425. The molecule has 23 heavy (non-hydrogen) atoms. The number of aliphatic hydroxyl groups is 1. The smallest absolute Gasteiger partial charge is 0.256 e. The highest BCUT2D eigenvalue weighted by molar-refractivity contribution is 6.30. The molecule has 5 heteroatoms. The van der Waals surface area contributed by atoms with E-state index in [-0.39, 0.29) is 17.9 Å². The minimum Gasteiger partial charge on any atom is -0.369 e. The van der Waals surface area contributed by atoms with Crippen molar-refractivity contribution in [3.05, 3.63) is 70.2 Å². The molecule has 1 amide bonds. The minimum atomic E-state index is -0.876. The zero-order valence-electron chi connectivity index (χ0n) is 12.4. The summed E-state index contributed by atoms with van der Waals surface area (Å²) in [6.07, 6.45) is -0.876. The van der Waals surface area contributed by atoms with Gasteiger partial charge in [-0.05, 0) is 23.8 Å². The maximum absolute atomic E-state index is 12.7. The highest BCUT2D eigenvalue weighted by Gasteiger charge is 2.44. The van der Waals surface area contributed by atoms with Crippen molar-refractivity contribution in [3.63, 3.8) is 0 Å². The van der Waals surface area contributed by atoms with Gasteiger partial charge in [0, 0.05) is 35.2 Å². The summed E-state index contributed by atoms with van der Waals surface area (Å²) in [5, 5.41) is 14.7. The van der Waals surface area contributed by atoms with Gasteiger partial charge in [0.05, 0.1) is 6.04 Å². The molecule has 1 saturated heterocycles. The van der Waals surface area contributed by atoms with E-state index in [2.05, 4.69) is 5.32 Å². The SMILES string of the molecule is O=C1c2ccccc2C(O)N1C1CNCC1c1ccc(Cl)cc1. The highest BCUT2D eigenvalue weighted by atomic mass is 35.5. The Hall–Kier alpha value is -1.88. The lowest BCUT2D eigenvalue weighted by Gasteiger charge is -2.31. The van der Waals surface area contributed by atoms with Gasteiger partial charge in [0.25, 0.3) is 5.91 Å². The van der Waals surface area contributed by atoms with E-state index in [1.165, 1.54) is 0 Å². The molecule has 2 aliphatic rings. The van der Waals surface area contributed by atoms with Crippen molar-refractivity contribution in [1.29, 1.82) is 0 Å². The first-order valence-corrected chi connectivity index (χ1v) is 8.10. The number of benzene rings is 2. The fourth-order valence-electron chi connectivity index (χ4n) is 3.66. The first-order chi connectivity index (χ1) is 11.2. The summed E-state index contributed by atoms with van der Waals surface area (Å²) in [5.41, 5.74) is 2.42. The Balaban J connectivity index is 1.67. The summed E-state index contributed by atoms with van der Waals surface area (Å²) < 4.78 is 0. The zero-order chi connectivity index (χ0) is 16.0. The van der Waals surface area contributed by atoms with Gasteiger partial charge in [0.1, 0.15) is 0 Å². The van der Waals surface area contributed by atoms with Gasteiger partial charge in [-0.2, -0.15) is 0 Å². The summed E-state index contributed by atoms with van der Waals surface area (Å²) >= 11 is 5.97. The van der Waals surface area contributed by atoms with Crippen molar-refractivity contribution >= 4 is 17.5 Å². The van der Waals surface area contributed by atoms with Crippen LogP contribution in [0.2, 0.25) is 5.02 Å². The minimum absolute atomic E-state index is 0.0777. The van der Waals surface area contributed by atoms with E-state index in [1.807, 2.05) is 42.5 Å². The van der Waals surface area contributed by atoms with E-state index in [4.69, 9.17) is 11.6 Å². The quantitative estimate of drug-likeness (QED) is 0.890. The second kappa shape index (κ2) is 5.64. The number of hydrogen-bond acceptors (Lipinski definition) is 3. The van der Waals surface area contributed by atoms with Gasteiger partial charge < -0.3 is 15.3 Å². The average Bonchev–Trinajstić information content (AvgIpc) is 3.13. The molecule has 4 rings (SSSR count). The summed E-state index contributed by atoms with van der Waals surface area (Å²) in [7, 11) is 0. The molecule has 2 aromatic carbocycles. The number of carbonyl (C=O) groups is 1. The first kappa shape index (κ1) is 14.7. The van der Waals surface area contributed by atoms with Crippen molar-refractivity contribution in [1.82, 2.24) is 10.2 Å². The third-order valence-corrected chi connectivity index (χ3v) is 5.06. The number of hydrogen-bond donors (Lipinski definition) is 2. The summed E-state index contributed by atoms with van der Waals surface area (Å²) in [6.45, 7) is 1.45. The van der Waals surface area contributed by atoms with Gasteiger partial charge in [0.15, 0.2) is 6.23 Å². The van der Waals surface area contributed by atoms with Crippen LogP contribution in [0.5, 0.6) is 0 Å². The van der Waals surface area contributed by atoms with Gasteiger partial charge in [-0.25, -0.2) is 0 Å². The van der Waals surface area contributed by atoms with E-state index in [0.717, 1.165) is 12.1 Å². The molecule has 3 atom stereocenters. The molecule has 2 aliphatic heterocycles. The maximum atomic E-state index is 12.7. The fraction of sp³-hybridized carbons (Fsp3) is 0.278. The third kappa shape index (κ3) is 2.34. The Labute approximate surface area is 139 Å². The topological polar surface area (TPSA) is 52.6 Å². The summed E-state index contributed by atoms with van der Waals surface area (Å²) in [6, 6.07) is 14.9. The van der Waals surface area contributed by atoms with Gasteiger partial charge in [0.2, 0.25) is 0 Å². The van der Waals surface area contributed by atoms with Crippen LogP contribution in [-0.2, 0) is 0 Å². The molecule has 2 aromatic rings. The molecule has 118 valence electrons. The zero-order valence-corrected chi connectivity index (χ0v) is 13.2. The third-order valence-electron chi connectivity index (χ3n) is 4.81. The number of halogens is 1. The van der Waals surface area contributed by atoms with Crippen LogP contribution in [0.15, 0.2) is 48.5 Å². The van der Waals surface area contributed by atoms with Gasteiger partial charge in [-0.3, -0.25) is 4.79 Å². The maximum Gasteiger partial charge on any atom is 0.256 e. The van der Waals surface area contributed by atoms with Crippen LogP contribution in [0.4, 0.5) is 0 Å². The van der Waals surface area contributed by atoms with Crippen LogP contribution >= 0.6 is 11.6 Å². The highest BCUT2D eigenvalue weighted by Crippen LogP contribution is 2.38. The van der Waals surface area contributed by atoms with Crippen molar-refractivity contribution in [2.45, 2.75) is 18.2 Å². The Morgan fingerprint density at radius 3 is 2.57 bits per heavy atom. The second-order valence-electron chi connectivity index (χ2n) is 6.06. The largest absolute Gasteiger partial charge is 0.369 e. The standard InChI is InChI=1S/C18H17ClN2O2/c19-12-7-5-11(6-8-12)15-9-20-10-16(15)21-17(22)13-3-1-2-4-14(13)18(21)23/h1-8,15-17,20,22H,9-10H2. The van der Waals surface area contributed by atoms with Gasteiger partial charge in [-0.1, -0.05) is 41.9 Å². The summed E-state index contributed by atoms with van der Waals surface area (Å²) in [4.78, 5) is 14.4. The molecule has 2 heterocycles. The van der Waals surface area contributed by atoms with E-state index < -0.39 is 6.23 Å². The van der Waals surface area contributed by atoms with Crippen LogP contribution in [0.25, 0.3) is 0 Å². The normalized spacial score (nSPS) is 26.6. The number of amides is 1. The Kier molecular flexibility index (Phi) is 3.60. The van der Waals surface area contributed by atoms with Crippen molar-refractivity contribution in [3.8, 4) is 0 Å². The number of aliphatic hydroxyl groups excluding tert-OH is 1. The lowest BCUT2D eigenvalue weighted by atomic mass is 9.93. The fourth-order valence-corrected chi connectivity index (χ4v) is 3.78. The molecule has 3 unspecified atom stereocenters. The van der Waals surface area contributed by atoms with Crippen LogP contribution in [0.1, 0.15) is 33.6 Å². The lowest BCUT2D eigenvalue weighted by Crippen LogP contribution is -2.42. The van der Waals surface area contributed by atoms with Crippen LogP contribution in [-0.4, -0.2) is 35.0 Å². The molecular formula is C18H17ClN2O2. The first-order valence-electron chi connectivity index (χ1n) is 7.72. The molecule has 0 saturated carbocycles. The average molecular weight is 329 g/mol.